The monoisotopic (exact) mass is 569 g/mol. The lowest BCUT2D eigenvalue weighted by molar-refractivity contribution is -0.130. The molecule has 2 saturated heterocycles. The Labute approximate surface area is 241 Å². The van der Waals surface area contributed by atoms with Crippen molar-refractivity contribution in [3.63, 3.8) is 0 Å². The quantitative estimate of drug-likeness (QED) is 0.424. The van der Waals surface area contributed by atoms with Crippen LogP contribution in [-0.4, -0.2) is 72.3 Å². The van der Waals surface area contributed by atoms with Crippen LogP contribution in [-0.2, 0) is 28.9 Å². The number of rotatable bonds is 5. The maximum atomic E-state index is 15.2. The molecule has 1 unspecified atom stereocenters. The fraction of sp³-hybridized carbons (Fsp3) is 0.562. The van der Waals surface area contributed by atoms with Crippen LogP contribution in [0.1, 0.15) is 56.7 Å². The molecular weight excluding hydrogens is 528 g/mol. The first-order valence-electron chi connectivity index (χ1n) is 14.7. The van der Waals surface area contributed by atoms with Crippen LogP contribution in [0.2, 0.25) is 0 Å². The number of ether oxygens (including phenoxy) is 2. The molecule has 0 aliphatic carbocycles. The normalized spacial score (nSPS) is 21.4. The van der Waals surface area contributed by atoms with E-state index in [1.54, 1.807) is 25.7 Å². The molecule has 0 N–H and O–H groups in total. The summed E-state index contributed by atoms with van der Waals surface area (Å²) in [5, 5.41) is 0. The number of hydrogen-bond donors (Lipinski definition) is 0. The van der Waals surface area contributed by atoms with Gasteiger partial charge in [-0.3, -0.25) is 9.80 Å². The number of halogens is 2. The highest BCUT2D eigenvalue weighted by molar-refractivity contribution is 5.90. The lowest BCUT2D eigenvalue weighted by Gasteiger charge is -2.45. The Balaban J connectivity index is 1.14. The molecule has 1 atom stereocenters. The van der Waals surface area contributed by atoms with Crippen molar-refractivity contribution in [2.24, 2.45) is 5.92 Å². The smallest absolute Gasteiger partial charge is 0.414 e. The SMILES string of the molecule is CC(C)(C)OC(=O)N1CCC(N2CCC(Cc3cccc4c3CCN4C(=O)OCc3ccccc3)CC2)C(F)(F)C1. The Bertz CT molecular complexity index is 1230. The maximum absolute atomic E-state index is 15.2. The van der Waals surface area contributed by atoms with E-state index >= 15 is 8.78 Å². The lowest BCUT2D eigenvalue weighted by atomic mass is 9.86. The van der Waals surface area contributed by atoms with Crippen molar-refractivity contribution < 1.29 is 27.8 Å². The van der Waals surface area contributed by atoms with Gasteiger partial charge in [-0.15, -0.1) is 0 Å². The summed E-state index contributed by atoms with van der Waals surface area (Å²) >= 11 is 0. The number of likely N-dealkylation sites (tertiary alicyclic amines) is 2. The fourth-order valence-electron chi connectivity index (χ4n) is 6.32. The predicted molar refractivity (Wildman–Crippen MR) is 153 cm³/mol. The van der Waals surface area contributed by atoms with E-state index in [-0.39, 0.29) is 25.7 Å². The number of benzene rings is 2. The first-order chi connectivity index (χ1) is 19.5. The van der Waals surface area contributed by atoms with Crippen LogP contribution >= 0.6 is 0 Å². The highest BCUT2D eigenvalue weighted by atomic mass is 19.3. The number of fused-ring (bicyclic) bond motifs is 1. The summed E-state index contributed by atoms with van der Waals surface area (Å²) in [7, 11) is 0. The van der Waals surface area contributed by atoms with Crippen molar-refractivity contribution >= 4 is 17.9 Å². The summed E-state index contributed by atoms with van der Waals surface area (Å²) in [6.45, 7) is 6.94. The summed E-state index contributed by atoms with van der Waals surface area (Å²) in [5.74, 6) is -2.59. The van der Waals surface area contributed by atoms with Gasteiger partial charge in [-0.1, -0.05) is 42.5 Å². The minimum Gasteiger partial charge on any atom is -0.444 e. The zero-order valence-electron chi connectivity index (χ0n) is 24.3. The van der Waals surface area contributed by atoms with Crippen molar-refractivity contribution in [3.05, 3.63) is 65.2 Å². The minimum atomic E-state index is -2.99. The molecule has 5 rings (SSSR count). The molecule has 222 valence electrons. The Kier molecular flexibility index (Phi) is 8.55. The van der Waals surface area contributed by atoms with E-state index in [0.717, 1.165) is 41.8 Å². The highest BCUT2D eigenvalue weighted by Crippen LogP contribution is 2.37. The Hall–Kier alpha value is -3.20. The summed E-state index contributed by atoms with van der Waals surface area (Å²) < 4.78 is 41.3. The minimum absolute atomic E-state index is 0.235. The first kappa shape index (κ1) is 29.3. The van der Waals surface area contributed by atoms with E-state index in [9.17, 15) is 9.59 Å². The van der Waals surface area contributed by atoms with Gasteiger partial charge in [0.05, 0.1) is 18.3 Å². The van der Waals surface area contributed by atoms with Crippen molar-refractivity contribution in [1.29, 1.82) is 0 Å². The average Bonchev–Trinajstić information content (AvgIpc) is 3.37. The molecule has 0 saturated carbocycles. The average molecular weight is 570 g/mol. The van der Waals surface area contributed by atoms with E-state index in [2.05, 4.69) is 6.07 Å². The van der Waals surface area contributed by atoms with E-state index in [1.807, 2.05) is 47.4 Å². The van der Waals surface area contributed by atoms with Gasteiger partial charge in [0.1, 0.15) is 12.2 Å². The van der Waals surface area contributed by atoms with Crippen LogP contribution in [0.15, 0.2) is 48.5 Å². The number of alkyl halides is 2. The molecule has 0 spiro atoms. The van der Waals surface area contributed by atoms with E-state index in [0.29, 0.717) is 25.6 Å². The standard InChI is InChI=1S/C32H41F2N3O4/c1-31(2,3)41-29(38)36-18-15-28(32(33,34)22-36)35-16-12-23(13-17-35)20-25-10-7-11-27-26(25)14-19-37(27)30(39)40-21-24-8-5-4-6-9-24/h4-11,23,28H,12-22H2,1-3H3. The second-order valence-corrected chi connectivity index (χ2v) is 12.5. The third-order valence-electron chi connectivity index (χ3n) is 8.36. The molecule has 2 fully saturated rings. The number of carbonyl (C=O) groups is 2. The summed E-state index contributed by atoms with van der Waals surface area (Å²) in [6.07, 6.45) is 2.57. The van der Waals surface area contributed by atoms with Gasteiger partial charge in [0.2, 0.25) is 0 Å². The van der Waals surface area contributed by atoms with Gasteiger partial charge in [-0.25, -0.2) is 18.4 Å². The van der Waals surface area contributed by atoms with Gasteiger partial charge in [0.15, 0.2) is 0 Å². The lowest BCUT2D eigenvalue weighted by Crippen LogP contribution is -2.60. The summed E-state index contributed by atoms with van der Waals surface area (Å²) in [4.78, 5) is 30.0. The van der Waals surface area contributed by atoms with Gasteiger partial charge in [0.25, 0.3) is 5.92 Å². The molecule has 3 aliphatic heterocycles. The number of anilines is 1. The van der Waals surface area contributed by atoms with Crippen molar-refractivity contribution in [1.82, 2.24) is 9.80 Å². The molecule has 3 heterocycles. The Morgan fingerprint density at radius 3 is 2.34 bits per heavy atom. The molecule has 3 aliphatic rings. The predicted octanol–water partition coefficient (Wildman–Crippen LogP) is 6.29. The van der Waals surface area contributed by atoms with Crippen molar-refractivity contribution in [2.45, 2.75) is 77.0 Å². The van der Waals surface area contributed by atoms with Gasteiger partial charge in [0, 0.05) is 13.1 Å². The second kappa shape index (κ2) is 12.0. The van der Waals surface area contributed by atoms with Gasteiger partial charge >= 0.3 is 12.2 Å². The molecule has 41 heavy (non-hydrogen) atoms. The van der Waals surface area contributed by atoms with Crippen molar-refractivity contribution in [2.75, 3.05) is 37.6 Å². The number of nitrogens with zero attached hydrogens (tertiary/aromatic N) is 3. The van der Waals surface area contributed by atoms with Crippen LogP contribution < -0.4 is 4.90 Å². The zero-order chi connectivity index (χ0) is 29.2. The number of piperidine rings is 2. The number of carbonyl (C=O) groups excluding carboxylic acids is 2. The second-order valence-electron chi connectivity index (χ2n) is 12.5. The largest absolute Gasteiger partial charge is 0.444 e. The highest BCUT2D eigenvalue weighted by Gasteiger charge is 2.49. The van der Waals surface area contributed by atoms with Gasteiger partial charge in [-0.05, 0) is 94.6 Å². The van der Waals surface area contributed by atoms with Crippen LogP contribution in [0.25, 0.3) is 0 Å². The molecule has 0 radical (unpaired) electrons. The molecule has 2 aromatic carbocycles. The Morgan fingerprint density at radius 1 is 0.927 bits per heavy atom. The van der Waals surface area contributed by atoms with Crippen LogP contribution in [0.4, 0.5) is 24.1 Å². The molecule has 0 bridgehead atoms. The fourth-order valence-corrected chi connectivity index (χ4v) is 6.32. The molecule has 2 aromatic rings. The topological polar surface area (TPSA) is 62.3 Å². The van der Waals surface area contributed by atoms with Crippen LogP contribution in [0, 0.1) is 5.92 Å². The third kappa shape index (κ3) is 7.00. The molecule has 2 amide bonds. The molecule has 7 nitrogen and oxygen atoms in total. The van der Waals surface area contributed by atoms with Crippen LogP contribution in [0.3, 0.4) is 0 Å². The van der Waals surface area contributed by atoms with Gasteiger partial charge < -0.3 is 14.4 Å². The van der Waals surface area contributed by atoms with Gasteiger partial charge in [-0.2, -0.15) is 0 Å². The first-order valence-corrected chi connectivity index (χ1v) is 14.7. The van der Waals surface area contributed by atoms with Crippen molar-refractivity contribution in [3.8, 4) is 0 Å². The van der Waals surface area contributed by atoms with E-state index in [1.165, 1.54) is 11.1 Å². The van der Waals surface area contributed by atoms with E-state index < -0.39 is 30.2 Å². The summed E-state index contributed by atoms with van der Waals surface area (Å²) in [6, 6.07) is 14.9. The number of amides is 2. The maximum Gasteiger partial charge on any atom is 0.414 e. The molecule has 0 aromatic heterocycles. The Morgan fingerprint density at radius 2 is 1.66 bits per heavy atom. The number of hydrogen-bond acceptors (Lipinski definition) is 5. The third-order valence-corrected chi connectivity index (χ3v) is 8.36. The molecular formula is C32H41F2N3O4. The van der Waals surface area contributed by atoms with E-state index in [4.69, 9.17) is 9.47 Å². The zero-order valence-corrected chi connectivity index (χ0v) is 24.3. The van der Waals surface area contributed by atoms with Crippen LogP contribution in [0.5, 0.6) is 0 Å². The molecule has 9 heteroatoms. The summed E-state index contributed by atoms with van der Waals surface area (Å²) in [5.41, 5.74) is 3.57.